The average molecular weight is 367 g/mol. The van der Waals surface area contributed by atoms with Crippen LogP contribution in [-0.2, 0) is 4.79 Å². The molecule has 1 aliphatic rings. The third-order valence-corrected chi connectivity index (χ3v) is 4.69. The number of halogens is 1. The molecule has 1 aliphatic heterocycles. The molecule has 0 spiro atoms. The number of hydrogen-bond acceptors (Lipinski definition) is 3. The van der Waals surface area contributed by atoms with Crippen LogP contribution in [0.15, 0.2) is 42.6 Å². The predicted octanol–water partition coefficient (Wildman–Crippen LogP) is 5.17. The number of carbonyl (C=O) groups is 1. The zero-order valence-corrected chi connectivity index (χ0v) is 16.1. The summed E-state index contributed by atoms with van der Waals surface area (Å²) in [5.74, 6) is -0.409. The zero-order valence-electron chi connectivity index (χ0n) is 16.1. The van der Waals surface area contributed by atoms with Gasteiger partial charge in [-0.2, -0.15) is 0 Å². The highest BCUT2D eigenvalue weighted by molar-refractivity contribution is 6.32. The van der Waals surface area contributed by atoms with Crippen molar-refractivity contribution in [3.63, 3.8) is 0 Å². The van der Waals surface area contributed by atoms with Crippen molar-refractivity contribution in [3.8, 4) is 0 Å². The second kappa shape index (κ2) is 8.25. The third kappa shape index (κ3) is 3.97. The van der Waals surface area contributed by atoms with Gasteiger partial charge in [0.2, 0.25) is 0 Å². The molecule has 0 unspecified atom stereocenters. The van der Waals surface area contributed by atoms with Gasteiger partial charge in [-0.25, -0.2) is 4.39 Å². The van der Waals surface area contributed by atoms with E-state index in [1.165, 1.54) is 6.07 Å². The van der Waals surface area contributed by atoms with Crippen molar-refractivity contribution in [2.45, 2.75) is 33.6 Å². The predicted molar refractivity (Wildman–Crippen MR) is 111 cm³/mol. The molecule has 5 heteroatoms. The number of fused-ring (bicyclic) bond motifs is 1. The van der Waals surface area contributed by atoms with Gasteiger partial charge in [0.1, 0.15) is 5.82 Å². The van der Waals surface area contributed by atoms with Crippen molar-refractivity contribution < 1.29 is 9.18 Å². The normalized spacial score (nSPS) is 14.2. The molecule has 3 rings (SSSR count). The van der Waals surface area contributed by atoms with Crippen molar-refractivity contribution >= 4 is 28.5 Å². The second-order valence-corrected chi connectivity index (χ2v) is 6.81. The van der Waals surface area contributed by atoms with E-state index in [4.69, 9.17) is 0 Å². The van der Waals surface area contributed by atoms with Crippen LogP contribution in [0.25, 0.3) is 5.57 Å². The van der Waals surface area contributed by atoms with E-state index >= 15 is 0 Å². The van der Waals surface area contributed by atoms with E-state index in [1.807, 2.05) is 31.2 Å². The first-order valence-electron chi connectivity index (χ1n) is 9.47. The fourth-order valence-electron chi connectivity index (χ4n) is 3.47. The maximum Gasteiger partial charge on any atom is 0.257 e. The van der Waals surface area contributed by atoms with Crippen molar-refractivity contribution in [2.75, 3.05) is 28.6 Å². The van der Waals surface area contributed by atoms with E-state index in [-0.39, 0.29) is 11.7 Å². The van der Waals surface area contributed by atoms with Crippen LogP contribution < -0.4 is 15.5 Å². The number of amides is 1. The summed E-state index contributed by atoms with van der Waals surface area (Å²) >= 11 is 0. The summed E-state index contributed by atoms with van der Waals surface area (Å²) in [6.45, 7) is 7.82. The van der Waals surface area contributed by atoms with Gasteiger partial charge in [-0.3, -0.25) is 4.79 Å². The highest BCUT2D eigenvalue weighted by Crippen LogP contribution is 2.34. The molecule has 27 heavy (non-hydrogen) atoms. The lowest BCUT2D eigenvalue weighted by atomic mass is 10.0. The molecular formula is C22H26FN3O. The van der Waals surface area contributed by atoms with Gasteiger partial charge in [-0.05, 0) is 49.6 Å². The zero-order chi connectivity index (χ0) is 19.4. The van der Waals surface area contributed by atoms with Crippen molar-refractivity contribution in [2.24, 2.45) is 0 Å². The number of nitrogens with zero attached hydrogens (tertiary/aromatic N) is 1. The van der Waals surface area contributed by atoms with Gasteiger partial charge in [0.15, 0.2) is 0 Å². The Morgan fingerprint density at radius 2 is 1.89 bits per heavy atom. The molecule has 0 saturated carbocycles. The number of anilines is 3. The lowest BCUT2D eigenvalue weighted by Gasteiger charge is -2.24. The van der Waals surface area contributed by atoms with E-state index in [0.29, 0.717) is 16.9 Å². The van der Waals surface area contributed by atoms with Gasteiger partial charge in [0.05, 0.1) is 11.3 Å². The molecule has 0 radical (unpaired) electrons. The molecule has 1 amide bonds. The Kier molecular flexibility index (Phi) is 5.79. The molecular weight excluding hydrogens is 341 g/mol. The summed E-state index contributed by atoms with van der Waals surface area (Å²) in [7, 11) is 0. The molecule has 0 atom stereocenters. The Hall–Kier alpha value is -2.82. The van der Waals surface area contributed by atoms with E-state index in [1.54, 1.807) is 12.3 Å². The van der Waals surface area contributed by atoms with Crippen molar-refractivity contribution in [1.82, 2.24) is 0 Å². The van der Waals surface area contributed by atoms with E-state index < -0.39 is 0 Å². The average Bonchev–Trinajstić information content (AvgIpc) is 2.96. The van der Waals surface area contributed by atoms with E-state index in [2.05, 4.69) is 29.4 Å². The second-order valence-electron chi connectivity index (χ2n) is 6.81. The molecule has 0 aliphatic carbocycles. The first-order valence-corrected chi connectivity index (χ1v) is 9.47. The Morgan fingerprint density at radius 3 is 2.56 bits per heavy atom. The topological polar surface area (TPSA) is 44.4 Å². The molecule has 0 saturated heterocycles. The Morgan fingerprint density at radius 1 is 1.15 bits per heavy atom. The van der Waals surface area contributed by atoms with E-state index in [0.717, 1.165) is 42.7 Å². The molecule has 0 bridgehead atoms. The van der Waals surface area contributed by atoms with Crippen LogP contribution in [0, 0.1) is 12.7 Å². The smallest absolute Gasteiger partial charge is 0.257 e. The van der Waals surface area contributed by atoms with Crippen LogP contribution in [0.5, 0.6) is 0 Å². The molecule has 0 aromatic heterocycles. The molecule has 0 fully saturated rings. The van der Waals surface area contributed by atoms with Gasteiger partial charge < -0.3 is 15.5 Å². The van der Waals surface area contributed by atoms with Crippen LogP contribution in [0.4, 0.5) is 21.5 Å². The molecule has 4 nitrogen and oxygen atoms in total. The summed E-state index contributed by atoms with van der Waals surface area (Å²) in [6, 6.07) is 10.9. The van der Waals surface area contributed by atoms with Crippen molar-refractivity contribution in [1.29, 1.82) is 0 Å². The number of aryl methyl sites for hydroxylation is 1. The first kappa shape index (κ1) is 19.0. The minimum atomic E-state index is -0.257. The van der Waals surface area contributed by atoms with Gasteiger partial charge >= 0.3 is 0 Å². The van der Waals surface area contributed by atoms with Crippen molar-refractivity contribution in [3.05, 3.63) is 59.5 Å². The van der Waals surface area contributed by atoms with Crippen LogP contribution in [0.1, 0.15) is 37.8 Å². The number of hydrogen-bond donors (Lipinski definition) is 2. The quantitative estimate of drug-likeness (QED) is 0.664. The van der Waals surface area contributed by atoms with Gasteiger partial charge in [-0.15, -0.1) is 0 Å². The van der Waals surface area contributed by atoms with E-state index in [9.17, 15) is 9.18 Å². The Balaban J connectivity index is 1.82. The lowest BCUT2D eigenvalue weighted by Crippen LogP contribution is -2.25. The largest absolute Gasteiger partial charge is 0.369 e. The van der Waals surface area contributed by atoms with Crippen LogP contribution in [0.2, 0.25) is 0 Å². The number of nitrogens with one attached hydrogen (secondary N) is 2. The van der Waals surface area contributed by atoms with Crippen LogP contribution >= 0.6 is 0 Å². The first-order chi connectivity index (χ1) is 13.0. The minimum Gasteiger partial charge on any atom is -0.369 e. The van der Waals surface area contributed by atoms with Gasteiger partial charge in [0, 0.05) is 36.2 Å². The van der Waals surface area contributed by atoms with Crippen LogP contribution in [-0.4, -0.2) is 19.0 Å². The SMILES string of the molecule is CCCN(CCC)c1ccc(N/C=C2/C(=O)Nc3cccc(C)c32)cc1F. The number of rotatable bonds is 7. The summed E-state index contributed by atoms with van der Waals surface area (Å²) in [5, 5.41) is 5.93. The van der Waals surface area contributed by atoms with Gasteiger partial charge in [0.25, 0.3) is 5.91 Å². The number of carbonyl (C=O) groups excluding carboxylic acids is 1. The summed E-state index contributed by atoms with van der Waals surface area (Å²) in [6.07, 6.45) is 3.59. The molecule has 142 valence electrons. The Labute approximate surface area is 160 Å². The van der Waals surface area contributed by atoms with Crippen LogP contribution in [0.3, 0.4) is 0 Å². The fraction of sp³-hybridized carbons (Fsp3) is 0.318. The maximum atomic E-state index is 14.6. The monoisotopic (exact) mass is 367 g/mol. The summed E-state index contributed by atoms with van der Waals surface area (Å²) < 4.78 is 14.6. The maximum absolute atomic E-state index is 14.6. The number of benzene rings is 2. The summed E-state index contributed by atoms with van der Waals surface area (Å²) in [5.41, 5.74) is 4.53. The highest BCUT2D eigenvalue weighted by atomic mass is 19.1. The fourth-order valence-corrected chi connectivity index (χ4v) is 3.47. The molecule has 1 heterocycles. The molecule has 2 aromatic carbocycles. The Bertz CT molecular complexity index is 870. The lowest BCUT2D eigenvalue weighted by molar-refractivity contribution is -0.110. The minimum absolute atomic E-state index is 0.152. The third-order valence-electron chi connectivity index (χ3n) is 4.69. The summed E-state index contributed by atoms with van der Waals surface area (Å²) in [4.78, 5) is 14.3. The standard InChI is InChI=1S/C22H26FN3O/c1-4-11-26(12-5-2)20-10-9-16(13-18(20)23)24-14-17-21-15(3)7-6-8-19(21)25-22(17)27/h6-10,13-14,24H,4-5,11-12H2,1-3H3,(H,25,27)/b17-14+. The molecule has 2 N–H and O–H groups in total. The van der Waals surface area contributed by atoms with Gasteiger partial charge in [-0.1, -0.05) is 26.0 Å². The highest BCUT2D eigenvalue weighted by Gasteiger charge is 2.25. The molecule has 2 aromatic rings.